The maximum Gasteiger partial charge on any atom is 0.159 e. The van der Waals surface area contributed by atoms with E-state index in [2.05, 4.69) is 100 Å². The van der Waals surface area contributed by atoms with Crippen LogP contribution in [0.3, 0.4) is 0 Å². The Morgan fingerprint density at radius 2 is 1.43 bits per heavy atom. The summed E-state index contributed by atoms with van der Waals surface area (Å²) in [4.78, 5) is 9.37. The van der Waals surface area contributed by atoms with E-state index in [1.165, 1.54) is 28.4 Å². The molecule has 3 aromatic rings. The second kappa shape index (κ2) is 11.8. The maximum atomic E-state index is 5.68. The van der Waals surface area contributed by atoms with Crippen LogP contribution in [0.4, 0.5) is 28.4 Å². The first-order valence-electron chi connectivity index (χ1n) is 12.1. The second-order valence-electron chi connectivity index (χ2n) is 8.30. The number of para-hydroxylation sites is 5. The number of aliphatic imine (C=N–C) groups is 1. The molecule has 0 saturated carbocycles. The fraction of sp³-hybridized carbons (Fsp3) is 0.156. The van der Waals surface area contributed by atoms with E-state index >= 15 is 0 Å². The third-order valence-electron chi connectivity index (χ3n) is 6.16. The van der Waals surface area contributed by atoms with Gasteiger partial charge in [-0.2, -0.15) is 0 Å². The van der Waals surface area contributed by atoms with Crippen molar-refractivity contribution in [3.05, 3.63) is 127 Å². The van der Waals surface area contributed by atoms with E-state index in [1.54, 1.807) is 12.2 Å². The van der Waals surface area contributed by atoms with Gasteiger partial charge in [0.2, 0.25) is 0 Å². The summed E-state index contributed by atoms with van der Waals surface area (Å²) >= 11 is 0. The summed E-state index contributed by atoms with van der Waals surface area (Å²) in [5.41, 5.74) is 7.97. The Labute approximate surface area is 209 Å². The minimum Gasteiger partial charge on any atom is -0.338 e. The minimum atomic E-state index is 0.783. The van der Waals surface area contributed by atoms with Crippen molar-refractivity contribution in [2.45, 2.75) is 19.8 Å². The number of anilines is 5. The van der Waals surface area contributed by atoms with Gasteiger partial charge in [-0.25, -0.2) is 0 Å². The third-order valence-corrected chi connectivity index (χ3v) is 6.16. The molecule has 0 radical (unpaired) electrons. The lowest BCUT2D eigenvalue weighted by Gasteiger charge is -2.40. The molecule has 174 valence electrons. The highest BCUT2D eigenvalue weighted by Crippen LogP contribution is 2.50. The summed E-state index contributed by atoms with van der Waals surface area (Å²) in [6, 6.07) is 27.9. The van der Waals surface area contributed by atoms with Crippen LogP contribution in [-0.4, -0.2) is 19.3 Å². The molecule has 3 heteroatoms. The van der Waals surface area contributed by atoms with Gasteiger partial charge in [0.1, 0.15) is 5.57 Å². The first kappa shape index (κ1) is 23.9. The lowest BCUT2D eigenvalue weighted by molar-refractivity contribution is 0.742. The van der Waals surface area contributed by atoms with Crippen LogP contribution in [0.1, 0.15) is 19.8 Å². The van der Waals surface area contributed by atoms with Crippen molar-refractivity contribution in [3.63, 3.8) is 0 Å². The van der Waals surface area contributed by atoms with Gasteiger partial charge in [-0.3, -0.25) is 4.99 Å². The molecular formula is C32H32N3+. The molecule has 3 aromatic carbocycles. The third kappa shape index (κ3) is 5.32. The van der Waals surface area contributed by atoms with E-state index in [-0.39, 0.29) is 0 Å². The van der Waals surface area contributed by atoms with Crippen molar-refractivity contribution in [2.75, 3.05) is 22.9 Å². The number of rotatable bonds is 10. The summed E-state index contributed by atoms with van der Waals surface area (Å²) < 4.78 is 0. The summed E-state index contributed by atoms with van der Waals surface area (Å²) in [5, 5.41) is 0. The van der Waals surface area contributed by atoms with Crippen LogP contribution in [0, 0.1) is 6.58 Å². The van der Waals surface area contributed by atoms with E-state index < -0.39 is 0 Å². The fourth-order valence-electron chi connectivity index (χ4n) is 4.44. The zero-order valence-electron chi connectivity index (χ0n) is 20.3. The molecule has 1 heterocycles. The van der Waals surface area contributed by atoms with E-state index in [4.69, 9.17) is 6.58 Å². The molecule has 4 rings (SSSR count). The predicted molar refractivity (Wildman–Crippen MR) is 152 cm³/mol. The van der Waals surface area contributed by atoms with Crippen molar-refractivity contribution in [2.24, 2.45) is 4.99 Å². The molecule has 0 unspecified atom stereocenters. The first-order valence-corrected chi connectivity index (χ1v) is 12.1. The van der Waals surface area contributed by atoms with E-state index in [0.29, 0.717) is 0 Å². The minimum absolute atomic E-state index is 0.783. The molecule has 0 spiro atoms. The van der Waals surface area contributed by atoms with Crippen molar-refractivity contribution < 1.29 is 0 Å². The monoisotopic (exact) mass is 458 g/mol. The number of hydrogen-bond acceptors (Lipinski definition) is 3. The Hall–Kier alpha value is -4.20. The smallest absolute Gasteiger partial charge is 0.159 e. The normalized spacial score (nSPS) is 13.5. The maximum absolute atomic E-state index is 5.68. The molecule has 1 aliphatic heterocycles. The summed E-state index contributed by atoms with van der Waals surface area (Å²) in [6.07, 6.45) is 11.2. The molecule has 0 aliphatic carbocycles. The average molecular weight is 459 g/mol. The van der Waals surface area contributed by atoms with Gasteiger partial charge in [0.25, 0.3) is 0 Å². The molecule has 0 N–H and O–H groups in total. The van der Waals surface area contributed by atoms with E-state index in [0.717, 1.165) is 37.1 Å². The largest absolute Gasteiger partial charge is 0.338 e. The van der Waals surface area contributed by atoms with Crippen LogP contribution in [0.2, 0.25) is 0 Å². The molecule has 0 saturated heterocycles. The summed E-state index contributed by atoms with van der Waals surface area (Å²) in [7, 11) is 0. The molecule has 1 aliphatic rings. The molecule has 0 bridgehead atoms. The van der Waals surface area contributed by atoms with Crippen LogP contribution >= 0.6 is 0 Å². The number of benzene rings is 3. The number of hydrogen-bond donors (Lipinski definition) is 0. The highest BCUT2D eigenvalue weighted by Gasteiger charge is 2.28. The SMILES string of the molecule is [CH+]=CC(=C\C)/C(C=C)=C/C=NCCCCN1c2ccccc2N(c2ccccc2)c2ccccc21. The Morgan fingerprint density at radius 1 is 0.829 bits per heavy atom. The predicted octanol–water partition coefficient (Wildman–Crippen LogP) is 8.51. The van der Waals surface area contributed by atoms with Gasteiger partial charge in [-0.1, -0.05) is 49.0 Å². The van der Waals surface area contributed by atoms with Crippen molar-refractivity contribution >= 4 is 34.7 Å². The van der Waals surface area contributed by atoms with Crippen LogP contribution in [-0.2, 0) is 0 Å². The zero-order valence-corrected chi connectivity index (χ0v) is 20.3. The summed E-state index contributed by atoms with van der Waals surface area (Å²) in [6.45, 7) is 13.2. The lowest BCUT2D eigenvalue weighted by Crippen LogP contribution is -2.28. The highest BCUT2D eigenvalue weighted by molar-refractivity contribution is 5.97. The van der Waals surface area contributed by atoms with Gasteiger partial charge < -0.3 is 9.80 Å². The zero-order chi connectivity index (χ0) is 24.5. The molecule has 0 aromatic heterocycles. The summed E-state index contributed by atoms with van der Waals surface area (Å²) in [5.74, 6) is 0. The van der Waals surface area contributed by atoms with Gasteiger partial charge in [-0.15, -0.1) is 0 Å². The van der Waals surface area contributed by atoms with E-state index in [9.17, 15) is 0 Å². The topological polar surface area (TPSA) is 18.8 Å². The number of fused-ring (bicyclic) bond motifs is 2. The van der Waals surface area contributed by atoms with Crippen molar-refractivity contribution in [1.82, 2.24) is 0 Å². The Morgan fingerprint density at radius 3 is 2.00 bits per heavy atom. The van der Waals surface area contributed by atoms with Crippen LogP contribution in [0.15, 0.2) is 126 Å². The van der Waals surface area contributed by atoms with Gasteiger partial charge in [-0.05, 0) is 68.3 Å². The van der Waals surface area contributed by atoms with Crippen molar-refractivity contribution in [1.29, 1.82) is 0 Å². The van der Waals surface area contributed by atoms with Gasteiger partial charge in [0.15, 0.2) is 6.08 Å². The van der Waals surface area contributed by atoms with Gasteiger partial charge in [0, 0.05) is 37.6 Å². The second-order valence-corrected chi connectivity index (χ2v) is 8.30. The lowest BCUT2D eigenvalue weighted by atomic mass is 10.1. The number of unbranched alkanes of at least 4 members (excludes halogenated alkanes) is 1. The molecule has 35 heavy (non-hydrogen) atoms. The van der Waals surface area contributed by atoms with E-state index in [1.807, 2.05) is 25.3 Å². The Balaban J connectivity index is 1.48. The number of nitrogens with zero attached hydrogens (tertiary/aromatic N) is 3. The van der Waals surface area contributed by atoms with Crippen molar-refractivity contribution in [3.8, 4) is 0 Å². The number of allylic oxidation sites excluding steroid dienone is 6. The highest BCUT2D eigenvalue weighted by atomic mass is 15.3. The first-order chi connectivity index (χ1) is 17.3. The molecule has 0 atom stereocenters. The Kier molecular flexibility index (Phi) is 8.06. The van der Waals surface area contributed by atoms with Crippen LogP contribution in [0.5, 0.6) is 0 Å². The molecule has 0 amide bonds. The Bertz CT molecular complexity index is 1200. The fourth-order valence-corrected chi connectivity index (χ4v) is 4.44. The van der Waals surface area contributed by atoms with Gasteiger partial charge >= 0.3 is 0 Å². The average Bonchev–Trinajstić information content (AvgIpc) is 2.92. The molecule has 3 nitrogen and oxygen atoms in total. The van der Waals surface area contributed by atoms with Crippen LogP contribution < -0.4 is 9.80 Å². The molecule has 0 fully saturated rings. The standard InChI is InChI=1S/C32H32N3/c1-4-26(5-2)27(6-3)22-24-33-23-14-15-25-34-29-18-10-12-20-31(29)35(28-16-8-7-9-17-28)32-21-13-11-19-30(32)34/h1,4-13,16-22,24H,3,14-15,23,25H2,2H3/q+1/b26-5+,27-22+,33-24?. The van der Waals surface area contributed by atoms with Gasteiger partial charge in [0.05, 0.1) is 28.3 Å². The van der Waals surface area contributed by atoms with Crippen LogP contribution in [0.25, 0.3) is 0 Å². The quantitative estimate of drug-likeness (QED) is 0.131. The molecular weight excluding hydrogens is 426 g/mol.